The van der Waals surface area contributed by atoms with E-state index in [1.165, 1.54) is 44.6 Å². The average molecular weight is 670 g/mol. The molecule has 5 heteroatoms. The fourth-order valence-corrected chi connectivity index (χ4v) is 10.9. The summed E-state index contributed by atoms with van der Waals surface area (Å²) >= 11 is 11.5. The zero-order chi connectivity index (χ0) is 25.5. The molecule has 0 heterocycles. The van der Waals surface area contributed by atoms with E-state index in [-0.39, 0.29) is 36.6 Å². The molecule has 196 valence electrons. The van der Waals surface area contributed by atoms with E-state index in [0.29, 0.717) is 7.25 Å². The fourth-order valence-electron chi connectivity index (χ4n) is 5.98. The van der Waals surface area contributed by atoms with Crippen LogP contribution in [0, 0.1) is 0 Å². The second-order valence-corrected chi connectivity index (χ2v) is 14.7. The van der Waals surface area contributed by atoms with E-state index in [4.69, 9.17) is 23.2 Å². The number of hydrogen-bond acceptors (Lipinski definition) is 0. The van der Waals surface area contributed by atoms with Crippen molar-refractivity contribution >= 4 is 23.2 Å². The molecule has 0 aromatic heterocycles. The average Bonchev–Trinajstić information content (AvgIpc) is 3.15. The summed E-state index contributed by atoms with van der Waals surface area (Å²) in [5.74, 6) is 0.542. The molecular weight excluding hydrogens is 641 g/mol. The van der Waals surface area contributed by atoms with E-state index in [1.54, 1.807) is 0 Å². The standard InChI is InChI=1S/2C17H14Cl.2ClH.Zr/c2*1-12-10-14-4-2-3-5-16(17(14)11-12)13-6-8-15(18)9-7-13;;;/h2*2-11,16H,1H3;2*1H;/q;;;;+2/p-2. The molecule has 0 N–H and O–H groups in total. The molecule has 4 aliphatic rings. The molecule has 0 radical (unpaired) electrons. The van der Waals surface area contributed by atoms with Crippen molar-refractivity contribution in [1.29, 1.82) is 0 Å². The van der Waals surface area contributed by atoms with Gasteiger partial charge in [0.05, 0.1) is 0 Å². The molecule has 39 heavy (non-hydrogen) atoms. The molecule has 4 atom stereocenters. The first kappa shape index (κ1) is 30.4. The second kappa shape index (κ2) is 12.9. The number of benzene rings is 2. The minimum atomic E-state index is -0.932. The Morgan fingerprint density at radius 1 is 0.538 bits per heavy atom. The zero-order valence-electron chi connectivity index (χ0n) is 21.7. The van der Waals surface area contributed by atoms with Crippen molar-refractivity contribution < 1.29 is 48.0 Å². The maximum absolute atomic E-state index is 6.20. The molecule has 2 aromatic rings. The number of allylic oxidation sites excluding steroid dienone is 16. The largest absolute Gasteiger partial charge is 1.00 e. The predicted molar refractivity (Wildman–Crippen MR) is 154 cm³/mol. The molecule has 2 aromatic carbocycles. The van der Waals surface area contributed by atoms with Gasteiger partial charge in [-0.25, -0.2) is 0 Å². The maximum atomic E-state index is 6.20. The summed E-state index contributed by atoms with van der Waals surface area (Å²) in [5.41, 5.74) is 11.6. The molecule has 6 rings (SSSR count). The zero-order valence-corrected chi connectivity index (χ0v) is 27.2. The molecule has 4 aliphatic carbocycles. The minimum absolute atomic E-state index is 0. The summed E-state index contributed by atoms with van der Waals surface area (Å²) < 4.78 is 1.15. The van der Waals surface area contributed by atoms with Crippen molar-refractivity contribution in [3.63, 3.8) is 0 Å². The van der Waals surface area contributed by atoms with Crippen LogP contribution in [0.4, 0.5) is 0 Å². The van der Waals surface area contributed by atoms with Crippen LogP contribution in [0.15, 0.2) is 143 Å². The molecule has 0 saturated carbocycles. The van der Waals surface area contributed by atoms with E-state index in [0.717, 1.165) is 10.0 Å². The molecule has 4 unspecified atom stereocenters. The van der Waals surface area contributed by atoms with Gasteiger partial charge in [-0.2, -0.15) is 0 Å². The molecule has 0 nitrogen and oxygen atoms in total. The summed E-state index contributed by atoms with van der Waals surface area (Å²) in [6.07, 6.45) is 23.3. The molecule has 0 saturated heterocycles. The third-order valence-electron chi connectivity index (χ3n) is 7.81. The Bertz CT molecular complexity index is 1370. The predicted octanol–water partition coefficient (Wildman–Crippen LogP) is 4.29. The Balaban J connectivity index is 0.00000176. The van der Waals surface area contributed by atoms with Gasteiger partial charge in [0.25, 0.3) is 0 Å². The monoisotopic (exact) mass is 666 g/mol. The van der Waals surface area contributed by atoms with Crippen LogP contribution in [0.2, 0.25) is 17.3 Å². The van der Waals surface area contributed by atoms with Crippen molar-refractivity contribution in [3.8, 4) is 0 Å². The van der Waals surface area contributed by atoms with Crippen LogP contribution < -0.4 is 24.8 Å². The van der Waals surface area contributed by atoms with E-state index in [2.05, 4.69) is 98.9 Å². The first-order valence-corrected chi connectivity index (χ1v) is 16.4. The van der Waals surface area contributed by atoms with E-state index in [9.17, 15) is 0 Å². The molecule has 0 bridgehead atoms. The Kier molecular flexibility index (Phi) is 10.1. The van der Waals surface area contributed by atoms with Gasteiger partial charge < -0.3 is 24.8 Å². The topological polar surface area (TPSA) is 0 Å². The summed E-state index contributed by atoms with van der Waals surface area (Å²) in [4.78, 5) is 0. The van der Waals surface area contributed by atoms with Gasteiger partial charge in [0.2, 0.25) is 0 Å². The minimum Gasteiger partial charge on any atom is -1.00 e. The number of halogens is 4. The summed E-state index contributed by atoms with van der Waals surface area (Å²) in [6.45, 7) is 4.70. The molecule has 0 spiro atoms. The van der Waals surface area contributed by atoms with Crippen molar-refractivity contribution in [2.75, 3.05) is 0 Å². The first-order chi connectivity index (χ1) is 18.0. The summed E-state index contributed by atoms with van der Waals surface area (Å²) in [6, 6.07) is 16.7. The fraction of sp³-hybridized carbons (Fsp3) is 0.176. The van der Waals surface area contributed by atoms with Gasteiger partial charge in [-0.3, -0.25) is 0 Å². The Morgan fingerprint density at radius 2 is 0.923 bits per heavy atom. The van der Waals surface area contributed by atoms with Crippen molar-refractivity contribution in [2.45, 2.75) is 32.9 Å². The Labute approximate surface area is 266 Å². The SMILES string of the molecule is CC1=CC2=C(C=CC=CC2c2ccc(Cl)cc2)[CH]1[Zr+2][CH]1C(C)=CC2=C1C=CC=CC2c1ccc(Cl)cc1.[Cl-].[Cl-]. The van der Waals surface area contributed by atoms with Crippen LogP contribution in [-0.4, -0.2) is 0 Å². The van der Waals surface area contributed by atoms with Gasteiger partial charge in [-0.1, -0.05) is 0 Å². The van der Waals surface area contributed by atoms with Gasteiger partial charge in [0.1, 0.15) is 0 Å². The third-order valence-corrected chi connectivity index (χ3v) is 13.7. The Morgan fingerprint density at radius 3 is 1.31 bits per heavy atom. The van der Waals surface area contributed by atoms with E-state index >= 15 is 0 Å². The first-order valence-electron chi connectivity index (χ1n) is 12.8. The molecule has 0 amide bonds. The third kappa shape index (κ3) is 6.05. The van der Waals surface area contributed by atoms with Crippen molar-refractivity contribution in [2.24, 2.45) is 0 Å². The van der Waals surface area contributed by atoms with Crippen molar-refractivity contribution in [3.05, 3.63) is 164 Å². The van der Waals surface area contributed by atoms with Crippen LogP contribution >= 0.6 is 23.2 Å². The number of hydrogen-bond donors (Lipinski definition) is 0. The van der Waals surface area contributed by atoms with E-state index < -0.39 is 23.2 Å². The van der Waals surface area contributed by atoms with Crippen LogP contribution in [0.3, 0.4) is 0 Å². The van der Waals surface area contributed by atoms with Crippen LogP contribution in [-0.2, 0) is 23.2 Å². The van der Waals surface area contributed by atoms with Crippen LogP contribution in [0.5, 0.6) is 0 Å². The normalized spacial score (nSPS) is 24.6. The van der Waals surface area contributed by atoms with Crippen molar-refractivity contribution in [1.82, 2.24) is 0 Å². The van der Waals surface area contributed by atoms with Crippen LogP contribution in [0.25, 0.3) is 0 Å². The van der Waals surface area contributed by atoms with Gasteiger partial charge in [0, 0.05) is 0 Å². The molecule has 0 aliphatic heterocycles. The molecule has 0 fully saturated rings. The van der Waals surface area contributed by atoms with Gasteiger partial charge in [-0.15, -0.1) is 0 Å². The van der Waals surface area contributed by atoms with Gasteiger partial charge in [0.15, 0.2) is 0 Å². The quantitative estimate of drug-likeness (QED) is 0.456. The summed E-state index contributed by atoms with van der Waals surface area (Å²) in [5, 5.41) is 1.57. The second-order valence-electron chi connectivity index (χ2n) is 10.2. The smallest absolute Gasteiger partial charge is 1.00 e. The van der Waals surface area contributed by atoms with Crippen LogP contribution in [0.1, 0.15) is 36.8 Å². The van der Waals surface area contributed by atoms with Gasteiger partial charge in [-0.05, 0) is 0 Å². The van der Waals surface area contributed by atoms with Gasteiger partial charge >= 0.3 is 243 Å². The van der Waals surface area contributed by atoms with E-state index in [1.807, 2.05) is 24.3 Å². The maximum Gasteiger partial charge on any atom is -1.00 e. The summed E-state index contributed by atoms with van der Waals surface area (Å²) in [7, 11) is 0. The molecular formula is C34H28Cl4Zr. The number of rotatable bonds is 4. The Hall–Kier alpha value is -1.60.